The Hall–Kier alpha value is -2.12. The Morgan fingerprint density at radius 3 is 2.26 bits per heavy atom. The van der Waals surface area contributed by atoms with E-state index in [1.165, 1.54) is 12.8 Å². The average molecular weight is 428 g/mol. The van der Waals surface area contributed by atoms with Crippen LogP contribution >= 0.6 is 0 Å². The first-order valence-corrected chi connectivity index (χ1v) is 11.9. The third-order valence-corrected chi connectivity index (χ3v) is 7.02. The quantitative estimate of drug-likeness (QED) is 0.798. The maximum absolute atomic E-state index is 13.5. The first-order valence-electron chi connectivity index (χ1n) is 11.9. The molecule has 1 aromatic rings. The normalized spacial score (nSPS) is 23.6. The summed E-state index contributed by atoms with van der Waals surface area (Å²) in [7, 11) is 0. The van der Waals surface area contributed by atoms with Crippen molar-refractivity contribution in [3.8, 4) is 0 Å². The number of likely N-dealkylation sites (tertiary alicyclic amines) is 1. The van der Waals surface area contributed by atoms with Crippen LogP contribution in [0.2, 0.25) is 0 Å². The Morgan fingerprint density at radius 1 is 0.935 bits per heavy atom. The summed E-state index contributed by atoms with van der Waals surface area (Å²) in [6, 6.07) is 5.79. The average Bonchev–Trinajstić information content (AvgIpc) is 3.59. The third kappa shape index (κ3) is 4.58. The Bertz CT molecular complexity index is 814. The maximum Gasteiger partial charge on any atom is 0.255 e. The van der Waals surface area contributed by atoms with Crippen LogP contribution < -0.4 is 10.2 Å². The van der Waals surface area contributed by atoms with Crippen molar-refractivity contribution in [3.63, 3.8) is 0 Å². The zero-order chi connectivity index (χ0) is 21.3. The molecule has 7 heteroatoms. The lowest BCUT2D eigenvalue weighted by atomic mass is 10.0. The SMILES string of the molecule is O=C(Nc1ccc(C(=O)N2CCC3(CC2)OCCO3)c(N2CCCCCC2)c1)C1CC1. The van der Waals surface area contributed by atoms with E-state index in [0.29, 0.717) is 39.1 Å². The number of nitrogens with one attached hydrogen (secondary N) is 1. The smallest absolute Gasteiger partial charge is 0.255 e. The van der Waals surface area contributed by atoms with Crippen molar-refractivity contribution in [2.45, 2.75) is 57.2 Å². The van der Waals surface area contributed by atoms with Crippen molar-refractivity contribution < 1.29 is 19.1 Å². The zero-order valence-corrected chi connectivity index (χ0v) is 18.2. The number of rotatable bonds is 4. The van der Waals surface area contributed by atoms with Gasteiger partial charge in [0.1, 0.15) is 0 Å². The molecule has 3 saturated heterocycles. The summed E-state index contributed by atoms with van der Waals surface area (Å²) in [5.74, 6) is -0.170. The fourth-order valence-corrected chi connectivity index (χ4v) is 4.96. The molecule has 5 rings (SSSR count). The van der Waals surface area contributed by atoms with Crippen LogP contribution in [-0.2, 0) is 14.3 Å². The second kappa shape index (κ2) is 8.79. The van der Waals surface area contributed by atoms with E-state index in [9.17, 15) is 9.59 Å². The monoisotopic (exact) mass is 427 g/mol. The van der Waals surface area contributed by atoms with E-state index in [-0.39, 0.29) is 17.7 Å². The summed E-state index contributed by atoms with van der Waals surface area (Å²) in [4.78, 5) is 30.1. The van der Waals surface area contributed by atoms with Crippen molar-refractivity contribution in [2.75, 3.05) is 49.6 Å². The van der Waals surface area contributed by atoms with E-state index in [1.807, 2.05) is 23.1 Å². The lowest BCUT2D eigenvalue weighted by molar-refractivity contribution is -0.181. The molecule has 0 aromatic heterocycles. The predicted molar refractivity (Wildman–Crippen MR) is 118 cm³/mol. The Balaban J connectivity index is 1.36. The Morgan fingerprint density at radius 2 is 1.61 bits per heavy atom. The second-order valence-electron chi connectivity index (χ2n) is 9.30. The van der Waals surface area contributed by atoms with Crippen LogP contribution in [0.5, 0.6) is 0 Å². The molecule has 4 fully saturated rings. The first-order chi connectivity index (χ1) is 15.1. The standard InChI is InChI=1S/C24H33N3O4/c28-22(18-5-6-18)25-19-7-8-20(21(17-19)26-11-3-1-2-4-12-26)23(29)27-13-9-24(10-14-27)30-15-16-31-24/h7-8,17-18H,1-6,9-16H2,(H,25,28). The number of amides is 2. The van der Waals surface area contributed by atoms with Crippen molar-refractivity contribution >= 4 is 23.2 Å². The van der Waals surface area contributed by atoms with E-state index >= 15 is 0 Å². The Kier molecular flexibility index (Phi) is 5.89. The van der Waals surface area contributed by atoms with Crippen LogP contribution in [0.1, 0.15) is 61.7 Å². The number of ether oxygens (including phenoxy) is 2. The number of benzene rings is 1. The van der Waals surface area contributed by atoms with Gasteiger partial charge in [-0.3, -0.25) is 9.59 Å². The fraction of sp³-hybridized carbons (Fsp3) is 0.667. The molecule has 4 aliphatic rings. The summed E-state index contributed by atoms with van der Waals surface area (Å²) in [6.45, 7) is 4.45. The molecule has 1 aliphatic carbocycles. The highest BCUT2D eigenvalue weighted by molar-refractivity contribution is 6.02. The lowest BCUT2D eigenvalue weighted by Gasteiger charge is -2.38. The van der Waals surface area contributed by atoms with E-state index < -0.39 is 5.79 Å². The van der Waals surface area contributed by atoms with Crippen LogP contribution in [0.15, 0.2) is 18.2 Å². The maximum atomic E-state index is 13.5. The van der Waals surface area contributed by atoms with Crippen LogP contribution in [0.3, 0.4) is 0 Å². The Labute approximate surface area is 184 Å². The van der Waals surface area contributed by atoms with Gasteiger partial charge in [0.05, 0.1) is 24.5 Å². The lowest BCUT2D eigenvalue weighted by Crippen LogP contribution is -2.47. The molecule has 2 amide bonds. The molecule has 1 aromatic carbocycles. The minimum atomic E-state index is -0.485. The molecule has 0 atom stereocenters. The van der Waals surface area contributed by atoms with Gasteiger partial charge in [0.15, 0.2) is 5.79 Å². The van der Waals surface area contributed by atoms with E-state index in [4.69, 9.17) is 9.47 Å². The molecule has 7 nitrogen and oxygen atoms in total. The van der Waals surface area contributed by atoms with Gasteiger partial charge in [0.2, 0.25) is 5.91 Å². The fourth-order valence-electron chi connectivity index (χ4n) is 4.96. The van der Waals surface area contributed by atoms with Gasteiger partial charge in [0, 0.05) is 50.6 Å². The molecule has 1 N–H and O–H groups in total. The van der Waals surface area contributed by atoms with Crippen molar-refractivity contribution in [2.24, 2.45) is 5.92 Å². The van der Waals surface area contributed by atoms with Gasteiger partial charge < -0.3 is 24.6 Å². The molecule has 3 heterocycles. The topological polar surface area (TPSA) is 71.1 Å². The van der Waals surface area contributed by atoms with Crippen LogP contribution in [0.25, 0.3) is 0 Å². The summed E-state index contributed by atoms with van der Waals surface area (Å²) in [5.41, 5.74) is 2.47. The molecule has 0 radical (unpaired) electrons. The summed E-state index contributed by atoms with van der Waals surface area (Å²) >= 11 is 0. The largest absolute Gasteiger partial charge is 0.371 e. The van der Waals surface area contributed by atoms with Gasteiger partial charge in [-0.25, -0.2) is 0 Å². The number of carbonyl (C=O) groups is 2. The summed E-state index contributed by atoms with van der Waals surface area (Å²) in [6.07, 6.45) is 8.11. The van der Waals surface area contributed by atoms with E-state index in [1.54, 1.807) is 0 Å². The first kappa shape index (κ1) is 20.8. The molecule has 1 spiro atoms. The molecular weight excluding hydrogens is 394 g/mol. The molecule has 168 valence electrons. The third-order valence-electron chi connectivity index (χ3n) is 7.02. The number of hydrogen-bond donors (Lipinski definition) is 1. The van der Waals surface area contributed by atoms with Crippen LogP contribution in [-0.4, -0.2) is 61.9 Å². The van der Waals surface area contributed by atoms with E-state index in [2.05, 4.69) is 10.2 Å². The highest BCUT2D eigenvalue weighted by Crippen LogP contribution is 2.35. The van der Waals surface area contributed by atoms with Gasteiger partial charge in [-0.15, -0.1) is 0 Å². The molecule has 0 unspecified atom stereocenters. The summed E-state index contributed by atoms with van der Waals surface area (Å²) in [5, 5.41) is 3.05. The van der Waals surface area contributed by atoms with Gasteiger partial charge >= 0.3 is 0 Å². The zero-order valence-electron chi connectivity index (χ0n) is 18.2. The highest BCUT2D eigenvalue weighted by Gasteiger charge is 2.41. The number of piperidine rings is 1. The predicted octanol–water partition coefficient (Wildman–Crippen LogP) is 3.39. The van der Waals surface area contributed by atoms with Gasteiger partial charge in [-0.1, -0.05) is 12.8 Å². The van der Waals surface area contributed by atoms with Crippen molar-refractivity contribution in [1.82, 2.24) is 4.90 Å². The minimum Gasteiger partial charge on any atom is -0.371 e. The minimum absolute atomic E-state index is 0.0622. The van der Waals surface area contributed by atoms with Crippen molar-refractivity contribution in [1.29, 1.82) is 0 Å². The number of carbonyl (C=O) groups excluding carboxylic acids is 2. The highest BCUT2D eigenvalue weighted by atomic mass is 16.7. The van der Waals surface area contributed by atoms with Gasteiger partial charge in [-0.2, -0.15) is 0 Å². The van der Waals surface area contributed by atoms with Crippen LogP contribution in [0, 0.1) is 5.92 Å². The summed E-state index contributed by atoms with van der Waals surface area (Å²) < 4.78 is 11.6. The molecular formula is C24H33N3O4. The molecule has 1 saturated carbocycles. The second-order valence-corrected chi connectivity index (χ2v) is 9.30. The number of nitrogens with zero attached hydrogens (tertiary/aromatic N) is 2. The number of anilines is 2. The molecule has 3 aliphatic heterocycles. The van der Waals surface area contributed by atoms with Gasteiger partial charge in [0.25, 0.3) is 5.91 Å². The molecule has 31 heavy (non-hydrogen) atoms. The van der Waals surface area contributed by atoms with E-state index in [0.717, 1.165) is 55.7 Å². The van der Waals surface area contributed by atoms with Crippen molar-refractivity contribution in [3.05, 3.63) is 23.8 Å². The molecule has 0 bridgehead atoms. The van der Waals surface area contributed by atoms with Crippen LogP contribution in [0.4, 0.5) is 11.4 Å². The van der Waals surface area contributed by atoms with Gasteiger partial charge in [-0.05, 0) is 43.9 Å². The number of hydrogen-bond acceptors (Lipinski definition) is 5.